The minimum absolute atomic E-state index is 0.00957. The molecular weight excluding hydrogens is 328 g/mol. The lowest BCUT2D eigenvalue weighted by Crippen LogP contribution is -2.30. The van der Waals surface area contributed by atoms with Crippen LogP contribution in [-0.2, 0) is 11.2 Å². The zero-order chi connectivity index (χ0) is 18.0. The topological polar surface area (TPSA) is 70.6 Å². The largest absolute Gasteiger partial charge is 0.481 e. The summed E-state index contributed by atoms with van der Waals surface area (Å²) in [6.07, 6.45) is 2.85. The molecule has 2 aromatic carbocycles. The van der Waals surface area contributed by atoms with E-state index in [0.717, 1.165) is 13.0 Å². The van der Waals surface area contributed by atoms with E-state index in [4.69, 9.17) is 4.74 Å². The Labute approximate surface area is 153 Å². The number of ether oxygens (including phenoxy) is 1. The molecule has 5 nitrogen and oxygen atoms in total. The Bertz CT molecular complexity index is 787. The summed E-state index contributed by atoms with van der Waals surface area (Å²) in [5.41, 5.74) is 3.03. The molecule has 0 bridgehead atoms. The number of benzene rings is 2. The first-order valence-corrected chi connectivity index (χ1v) is 9.14. The van der Waals surface area contributed by atoms with E-state index in [-0.39, 0.29) is 12.5 Å². The second kappa shape index (κ2) is 7.09. The predicted molar refractivity (Wildman–Crippen MR) is 100 cm³/mol. The standard InChI is InChI=1S/C21H24N2O3/c24-18(16-7-4-8-17-20(16)26-13-19(25)23-17)12-22-14-21(9-10-21)11-15-5-2-1-3-6-15/h1-8,18,22,24H,9-14H2,(H,23,25)/t18-/m0/s1. The monoisotopic (exact) mass is 352 g/mol. The first-order chi connectivity index (χ1) is 12.7. The summed E-state index contributed by atoms with van der Waals surface area (Å²) in [4.78, 5) is 11.4. The van der Waals surface area contributed by atoms with E-state index in [1.165, 1.54) is 18.4 Å². The number of amides is 1. The molecule has 2 aromatic rings. The molecule has 1 amide bonds. The molecule has 0 aromatic heterocycles. The summed E-state index contributed by atoms with van der Waals surface area (Å²) in [6, 6.07) is 16.0. The van der Waals surface area contributed by atoms with Crippen molar-refractivity contribution in [2.45, 2.75) is 25.4 Å². The van der Waals surface area contributed by atoms with Crippen LogP contribution in [0.15, 0.2) is 48.5 Å². The molecule has 1 aliphatic heterocycles. The van der Waals surface area contributed by atoms with Gasteiger partial charge in [-0.1, -0.05) is 42.5 Å². The van der Waals surface area contributed by atoms with Crippen LogP contribution in [0.3, 0.4) is 0 Å². The van der Waals surface area contributed by atoms with Crippen molar-refractivity contribution in [3.63, 3.8) is 0 Å². The number of rotatable bonds is 7. The van der Waals surface area contributed by atoms with Crippen molar-refractivity contribution < 1.29 is 14.6 Å². The van der Waals surface area contributed by atoms with Crippen LogP contribution >= 0.6 is 0 Å². The lowest BCUT2D eigenvalue weighted by Gasteiger charge is -2.24. The minimum Gasteiger partial charge on any atom is -0.481 e. The maximum Gasteiger partial charge on any atom is 0.262 e. The average Bonchev–Trinajstić information content (AvgIpc) is 3.41. The van der Waals surface area contributed by atoms with Gasteiger partial charge in [-0.15, -0.1) is 0 Å². The summed E-state index contributed by atoms with van der Waals surface area (Å²) >= 11 is 0. The molecule has 1 saturated carbocycles. The number of fused-ring (bicyclic) bond motifs is 1. The molecule has 0 saturated heterocycles. The molecule has 3 N–H and O–H groups in total. The molecule has 0 spiro atoms. The Morgan fingerprint density at radius 2 is 1.96 bits per heavy atom. The van der Waals surface area contributed by atoms with Crippen molar-refractivity contribution >= 4 is 11.6 Å². The molecule has 1 heterocycles. The zero-order valence-electron chi connectivity index (χ0n) is 14.7. The third-order valence-corrected chi connectivity index (χ3v) is 5.24. The fourth-order valence-electron chi connectivity index (χ4n) is 3.61. The molecule has 5 heteroatoms. The number of para-hydroxylation sites is 1. The van der Waals surface area contributed by atoms with Crippen LogP contribution in [0.2, 0.25) is 0 Å². The van der Waals surface area contributed by atoms with Crippen molar-refractivity contribution in [3.05, 3.63) is 59.7 Å². The van der Waals surface area contributed by atoms with E-state index in [0.29, 0.717) is 29.0 Å². The second-order valence-electron chi connectivity index (χ2n) is 7.37. The van der Waals surface area contributed by atoms with E-state index in [9.17, 15) is 9.90 Å². The van der Waals surface area contributed by atoms with Crippen LogP contribution in [0, 0.1) is 5.41 Å². The van der Waals surface area contributed by atoms with E-state index in [1.54, 1.807) is 6.07 Å². The van der Waals surface area contributed by atoms with Crippen molar-refractivity contribution in [2.24, 2.45) is 5.41 Å². The van der Waals surface area contributed by atoms with Gasteiger partial charge in [0.05, 0.1) is 11.8 Å². The number of carbonyl (C=O) groups excluding carboxylic acids is 1. The van der Waals surface area contributed by atoms with Crippen LogP contribution in [-0.4, -0.2) is 30.7 Å². The maximum absolute atomic E-state index is 11.4. The van der Waals surface area contributed by atoms with Gasteiger partial charge in [-0.25, -0.2) is 0 Å². The quantitative estimate of drug-likeness (QED) is 0.716. The van der Waals surface area contributed by atoms with Gasteiger partial charge < -0.3 is 20.5 Å². The van der Waals surface area contributed by atoms with Crippen LogP contribution in [0.4, 0.5) is 5.69 Å². The summed E-state index contributed by atoms with van der Waals surface area (Å²) in [5.74, 6) is 0.408. The van der Waals surface area contributed by atoms with Gasteiger partial charge >= 0.3 is 0 Å². The second-order valence-corrected chi connectivity index (χ2v) is 7.37. The lowest BCUT2D eigenvalue weighted by molar-refractivity contribution is -0.118. The van der Waals surface area contributed by atoms with Crippen molar-refractivity contribution in [2.75, 3.05) is 25.0 Å². The molecule has 4 rings (SSSR count). The molecule has 1 fully saturated rings. The highest BCUT2D eigenvalue weighted by Crippen LogP contribution is 2.47. The van der Waals surface area contributed by atoms with Crippen molar-refractivity contribution in [1.82, 2.24) is 5.32 Å². The first kappa shape index (κ1) is 17.1. The molecule has 2 aliphatic rings. The van der Waals surface area contributed by atoms with Gasteiger partial charge in [0, 0.05) is 18.7 Å². The smallest absolute Gasteiger partial charge is 0.262 e. The third kappa shape index (κ3) is 3.74. The van der Waals surface area contributed by atoms with E-state index < -0.39 is 6.10 Å². The highest BCUT2D eigenvalue weighted by atomic mass is 16.5. The van der Waals surface area contributed by atoms with Gasteiger partial charge in [-0.3, -0.25) is 4.79 Å². The molecule has 0 unspecified atom stereocenters. The Morgan fingerprint density at radius 1 is 1.15 bits per heavy atom. The van der Waals surface area contributed by atoms with Gasteiger partial charge in [0.25, 0.3) is 5.91 Å². The zero-order valence-corrected chi connectivity index (χ0v) is 14.7. The Balaban J connectivity index is 1.34. The fraction of sp³-hybridized carbons (Fsp3) is 0.381. The van der Waals surface area contributed by atoms with Gasteiger partial charge in [-0.2, -0.15) is 0 Å². The molecule has 0 radical (unpaired) electrons. The predicted octanol–water partition coefficient (Wildman–Crippen LogP) is 2.66. The lowest BCUT2D eigenvalue weighted by atomic mass is 9.96. The first-order valence-electron chi connectivity index (χ1n) is 9.14. The third-order valence-electron chi connectivity index (χ3n) is 5.24. The van der Waals surface area contributed by atoms with Crippen LogP contribution in [0.5, 0.6) is 5.75 Å². The highest BCUT2D eigenvalue weighted by molar-refractivity contribution is 5.95. The van der Waals surface area contributed by atoms with E-state index >= 15 is 0 Å². The molecule has 136 valence electrons. The van der Waals surface area contributed by atoms with Gasteiger partial charge in [0.1, 0.15) is 5.75 Å². The van der Waals surface area contributed by atoms with E-state index in [1.807, 2.05) is 18.2 Å². The van der Waals surface area contributed by atoms with Crippen LogP contribution < -0.4 is 15.4 Å². The number of aliphatic hydroxyl groups excluding tert-OH is 1. The number of hydrogen-bond acceptors (Lipinski definition) is 4. The molecule has 1 atom stereocenters. The van der Waals surface area contributed by atoms with Crippen LogP contribution in [0.1, 0.15) is 30.1 Å². The fourth-order valence-corrected chi connectivity index (χ4v) is 3.61. The maximum atomic E-state index is 11.4. The van der Waals surface area contributed by atoms with Gasteiger partial charge in [-0.05, 0) is 36.3 Å². The molecular formula is C21H24N2O3. The average molecular weight is 352 g/mol. The van der Waals surface area contributed by atoms with Crippen molar-refractivity contribution in [3.8, 4) is 5.75 Å². The molecule has 26 heavy (non-hydrogen) atoms. The number of hydrogen-bond donors (Lipinski definition) is 3. The van der Waals surface area contributed by atoms with Crippen LogP contribution in [0.25, 0.3) is 0 Å². The van der Waals surface area contributed by atoms with E-state index in [2.05, 4.69) is 34.9 Å². The Kier molecular flexibility index (Phi) is 4.66. The number of carbonyl (C=O) groups is 1. The number of anilines is 1. The normalized spacial score (nSPS) is 18.4. The minimum atomic E-state index is -0.674. The number of aliphatic hydroxyl groups is 1. The van der Waals surface area contributed by atoms with Crippen molar-refractivity contribution in [1.29, 1.82) is 0 Å². The molecule has 1 aliphatic carbocycles. The SMILES string of the molecule is O=C1COc2c(cccc2[C@@H](O)CNCC2(Cc3ccccc3)CC2)N1. The summed E-state index contributed by atoms with van der Waals surface area (Å²) in [5, 5.41) is 16.8. The van der Waals surface area contributed by atoms with Gasteiger partial charge in [0.2, 0.25) is 0 Å². The Hall–Kier alpha value is -2.37. The van der Waals surface area contributed by atoms with Gasteiger partial charge in [0.15, 0.2) is 6.61 Å². The summed E-state index contributed by atoms with van der Waals surface area (Å²) in [6.45, 7) is 1.35. The highest BCUT2D eigenvalue weighted by Gasteiger charge is 2.42. The number of nitrogens with one attached hydrogen (secondary N) is 2. The summed E-state index contributed by atoms with van der Waals surface area (Å²) < 4.78 is 5.53. The Morgan fingerprint density at radius 3 is 2.73 bits per heavy atom. The summed E-state index contributed by atoms with van der Waals surface area (Å²) in [7, 11) is 0.